The van der Waals surface area contributed by atoms with Crippen LogP contribution in [0.1, 0.15) is 11.6 Å². The van der Waals surface area contributed by atoms with E-state index in [4.69, 9.17) is 4.74 Å². The Labute approximate surface area is 129 Å². The van der Waals surface area contributed by atoms with Gasteiger partial charge in [0.05, 0.1) is 4.90 Å². The number of amides is 1. The first-order valence-electron chi connectivity index (χ1n) is 6.78. The summed E-state index contributed by atoms with van der Waals surface area (Å²) in [5.41, 5.74) is 0.730. The lowest BCUT2D eigenvalue weighted by Gasteiger charge is -2.44. The molecule has 2 atom stereocenters. The summed E-state index contributed by atoms with van der Waals surface area (Å²) in [7, 11) is -2.48. The molecule has 1 aliphatic rings. The third-order valence-corrected chi connectivity index (χ3v) is 5.49. The van der Waals surface area contributed by atoms with Crippen molar-refractivity contribution in [3.05, 3.63) is 66.2 Å². The normalized spacial score (nSPS) is 21.5. The smallest absolute Gasteiger partial charge is 0.268 e. The van der Waals surface area contributed by atoms with Gasteiger partial charge in [-0.15, -0.1) is 0 Å². The van der Waals surface area contributed by atoms with Crippen LogP contribution >= 0.6 is 0 Å². The van der Waals surface area contributed by atoms with Crippen LogP contribution < -0.4 is 0 Å². The number of carbonyl (C=O) groups is 1. The van der Waals surface area contributed by atoms with Crippen molar-refractivity contribution in [3.63, 3.8) is 0 Å². The first-order valence-corrected chi connectivity index (χ1v) is 8.22. The highest BCUT2D eigenvalue weighted by Crippen LogP contribution is 2.40. The van der Waals surface area contributed by atoms with Crippen LogP contribution in [-0.2, 0) is 19.6 Å². The molecule has 1 aliphatic heterocycles. The molecule has 1 fully saturated rings. The van der Waals surface area contributed by atoms with E-state index in [0.717, 1.165) is 9.87 Å². The van der Waals surface area contributed by atoms with Crippen molar-refractivity contribution >= 4 is 15.9 Å². The lowest BCUT2D eigenvalue weighted by Crippen LogP contribution is -2.61. The predicted octanol–water partition coefficient (Wildman–Crippen LogP) is 1.97. The summed E-state index contributed by atoms with van der Waals surface area (Å²) >= 11 is 0. The standard InChI is InChI=1S/C16H15NO4S/c1-21-15-14(12-8-4-2-5-9-12)17(16(15)18)22(19,20)13-10-6-3-7-11-13/h2-11,14-15H,1H3/t14-,15+/m0/s1. The predicted molar refractivity (Wildman–Crippen MR) is 80.5 cm³/mol. The molecule has 1 saturated heterocycles. The number of nitrogens with zero attached hydrogens (tertiary/aromatic N) is 1. The maximum absolute atomic E-state index is 12.7. The molecule has 0 aromatic heterocycles. The van der Waals surface area contributed by atoms with Crippen LogP contribution in [0.5, 0.6) is 0 Å². The number of hydrogen-bond donors (Lipinski definition) is 0. The monoisotopic (exact) mass is 317 g/mol. The zero-order valence-electron chi connectivity index (χ0n) is 11.9. The van der Waals surface area contributed by atoms with E-state index < -0.39 is 28.1 Å². The van der Waals surface area contributed by atoms with Crippen LogP contribution in [0, 0.1) is 0 Å². The number of β-lactam (4-membered cyclic amide) rings is 1. The van der Waals surface area contributed by atoms with E-state index in [2.05, 4.69) is 0 Å². The zero-order chi connectivity index (χ0) is 15.7. The molecule has 3 rings (SSSR count). The Kier molecular flexibility index (Phi) is 3.72. The molecule has 0 bridgehead atoms. The fourth-order valence-electron chi connectivity index (χ4n) is 2.60. The summed E-state index contributed by atoms with van der Waals surface area (Å²) in [5, 5.41) is 0. The molecule has 2 aromatic carbocycles. The number of sulfonamides is 1. The van der Waals surface area contributed by atoms with Gasteiger partial charge in [-0.1, -0.05) is 48.5 Å². The van der Waals surface area contributed by atoms with E-state index in [9.17, 15) is 13.2 Å². The Balaban J connectivity index is 2.04. The first-order chi connectivity index (χ1) is 10.6. The summed E-state index contributed by atoms with van der Waals surface area (Å²) in [6, 6.07) is 16.3. The number of carbonyl (C=O) groups excluding carboxylic acids is 1. The topological polar surface area (TPSA) is 63.7 Å². The van der Waals surface area contributed by atoms with Crippen LogP contribution in [-0.4, -0.2) is 31.8 Å². The van der Waals surface area contributed by atoms with Gasteiger partial charge in [-0.25, -0.2) is 12.7 Å². The highest BCUT2D eigenvalue weighted by Gasteiger charge is 2.54. The van der Waals surface area contributed by atoms with Crippen molar-refractivity contribution in [2.24, 2.45) is 0 Å². The average molecular weight is 317 g/mol. The van der Waals surface area contributed by atoms with Crippen LogP contribution in [0.4, 0.5) is 0 Å². The highest BCUT2D eigenvalue weighted by atomic mass is 32.2. The van der Waals surface area contributed by atoms with Gasteiger partial charge < -0.3 is 4.74 Å². The molecule has 1 amide bonds. The Morgan fingerprint density at radius 1 is 0.955 bits per heavy atom. The van der Waals surface area contributed by atoms with Crippen LogP contribution in [0.3, 0.4) is 0 Å². The fraction of sp³-hybridized carbons (Fsp3) is 0.188. The molecule has 0 radical (unpaired) electrons. The SMILES string of the molecule is CO[C@H]1C(=O)N(S(=O)(=O)c2ccccc2)[C@H]1c1ccccc1. The van der Waals surface area contributed by atoms with Crippen molar-refractivity contribution in [3.8, 4) is 0 Å². The van der Waals surface area contributed by atoms with Crippen molar-refractivity contribution in [1.82, 2.24) is 4.31 Å². The summed E-state index contributed by atoms with van der Waals surface area (Å²) < 4.78 is 31.5. The van der Waals surface area contributed by atoms with Gasteiger partial charge in [0, 0.05) is 7.11 Å². The molecule has 0 aliphatic carbocycles. The van der Waals surface area contributed by atoms with Crippen molar-refractivity contribution in [2.45, 2.75) is 17.0 Å². The van der Waals surface area contributed by atoms with Gasteiger partial charge in [-0.05, 0) is 17.7 Å². The minimum atomic E-state index is -3.89. The fourth-order valence-corrected chi connectivity index (χ4v) is 4.20. The largest absolute Gasteiger partial charge is 0.369 e. The number of methoxy groups -OCH3 is 1. The molecule has 0 N–H and O–H groups in total. The Bertz CT molecular complexity index is 774. The summed E-state index contributed by atoms with van der Waals surface area (Å²) in [5.74, 6) is -0.541. The maximum Gasteiger partial charge on any atom is 0.268 e. The van der Waals surface area contributed by atoms with Gasteiger partial charge >= 0.3 is 0 Å². The molecule has 2 aromatic rings. The molecule has 6 heteroatoms. The minimum Gasteiger partial charge on any atom is -0.369 e. The first kappa shape index (κ1) is 14.7. The molecule has 0 spiro atoms. The quantitative estimate of drug-likeness (QED) is 0.809. The molecule has 0 saturated carbocycles. The zero-order valence-corrected chi connectivity index (χ0v) is 12.7. The molecule has 1 heterocycles. The van der Waals surface area contributed by atoms with Crippen LogP contribution in [0.15, 0.2) is 65.6 Å². The van der Waals surface area contributed by atoms with E-state index in [1.54, 1.807) is 42.5 Å². The molecule has 114 valence electrons. The Morgan fingerprint density at radius 2 is 1.50 bits per heavy atom. The molecular weight excluding hydrogens is 302 g/mol. The third-order valence-electron chi connectivity index (χ3n) is 3.70. The van der Waals surface area contributed by atoms with E-state index in [1.165, 1.54) is 19.2 Å². The van der Waals surface area contributed by atoms with Gasteiger partial charge in [-0.2, -0.15) is 0 Å². The average Bonchev–Trinajstić information content (AvgIpc) is 2.54. The number of hydrogen-bond acceptors (Lipinski definition) is 4. The van der Waals surface area contributed by atoms with Gasteiger partial charge in [-0.3, -0.25) is 4.79 Å². The molecular formula is C16H15NO4S. The van der Waals surface area contributed by atoms with Crippen molar-refractivity contribution in [2.75, 3.05) is 7.11 Å². The second-order valence-electron chi connectivity index (χ2n) is 4.96. The van der Waals surface area contributed by atoms with Gasteiger partial charge in [0.25, 0.3) is 15.9 Å². The lowest BCUT2D eigenvalue weighted by atomic mass is 9.94. The Morgan fingerprint density at radius 3 is 2.05 bits per heavy atom. The summed E-state index contributed by atoms with van der Waals surface area (Å²) in [6.07, 6.45) is -0.777. The third kappa shape index (κ3) is 2.20. The summed E-state index contributed by atoms with van der Waals surface area (Å²) in [4.78, 5) is 12.3. The lowest BCUT2D eigenvalue weighted by molar-refractivity contribution is -0.159. The summed E-state index contributed by atoms with van der Waals surface area (Å²) in [6.45, 7) is 0. The van der Waals surface area contributed by atoms with E-state index in [1.807, 2.05) is 6.07 Å². The van der Waals surface area contributed by atoms with Crippen LogP contribution in [0.25, 0.3) is 0 Å². The van der Waals surface area contributed by atoms with Gasteiger partial charge in [0.1, 0.15) is 6.04 Å². The van der Waals surface area contributed by atoms with E-state index >= 15 is 0 Å². The number of ether oxygens (including phenoxy) is 1. The minimum absolute atomic E-state index is 0.0961. The van der Waals surface area contributed by atoms with E-state index in [-0.39, 0.29) is 4.90 Å². The Hall–Kier alpha value is -2.18. The van der Waals surface area contributed by atoms with Crippen molar-refractivity contribution in [1.29, 1.82) is 0 Å². The number of benzene rings is 2. The molecule has 5 nitrogen and oxygen atoms in total. The van der Waals surface area contributed by atoms with Gasteiger partial charge in [0.15, 0.2) is 6.10 Å². The second kappa shape index (κ2) is 5.55. The number of rotatable bonds is 4. The molecule has 22 heavy (non-hydrogen) atoms. The van der Waals surface area contributed by atoms with Gasteiger partial charge in [0.2, 0.25) is 0 Å². The van der Waals surface area contributed by atoms with E-state index in [0.29, 0.717) is 0 Å². The maximum atomic E-state index is 12.7. The van der Waals surface area contributed by atoms with Crippen molar-refractivity contribution < 1.29 is 17.9 Å². The molecule has 0 unspecified atom stereocenters. The second-order valence-corrected chi connectivity index (χ2v) is 6.78. The highest BCUT2D eigenvalue weighted by molar-refractivity contribution is 7.89. The van der Waals surface area contributed by atoms with Crippen LogP contribution in [0.2, 0.25) is 0 Å².